The quantitative estimate of drug-likeness (QED) is 0.671. The van der Waals surface area contributed by atoms with Crippen LogP contribution in [-0.4, -0.2) is 35.1 Å². The Labute approximate surface area is 170 Å². The van der Waals surface area contributed by atoms with Crippen LogP contribution < -0.4 is 14.8 Å². The fourth-order valence-electron chi connectivity index (χ4n) is 3.25. The van der Waals surface area contributed by atoms with Crippen LogP contribution in [0.25, 0.3) is 0 Å². The number of urea groups is 1. The molecule has 0 unspecified atom stereocenters. The van der Waals surface area contributed by atoms with Crippen molar-refractivity contribution in [2.45, 2.75) is 18.9 Å². The van der Waals surface area contributed by atoms with Gasteiger partial charge in [-0.1, -0.05) is 24.3 Å². The Hall–Kier alpha value is -3.54. The van der Waals surface area contributed by atoms with Gasteiger partial charge in [0.2, 0.25) is 0 Å². The Morgan fingerprint density at radius 2 is 1.62 bits per heavy atom. The van der Waals surface area contributed by atoms with E-state index >= 15 is 0 Å². The molecule has 0 bridgehead atoms. The van der Waals surface area contributed by atoms with Gasteiger partial charge < -0.3 is 19.7 Å². The van der Waals surface area contributed by atoms with E-state index in [4.69, 9.17) is 9.47 Å². The molecule has 1 N–H and O–H groups in total. The molecule has 2 amide bonds. The highest BCUT2D eigenvalue weighted by molar-refractivity contribution is 5.89. The van der Waals surface area contributed by atoms with Gasteiger partial charge in [0.25, 0.3) is 0 Å². The molecule has 1 saturated heterocycles. The third-order valence-corrected chi connectivity index (χ3v) is 4.75. The van der Waals surface area contributed by atoms with E-state index in [2.05, 4.69) is 10.3 Å². The number of carbonyl (C=O) groups excluding carboxylic acids is 1. The zero-order valence-electron chi connectivity index (χ0n) is 16.0. The molecule has 1 aliphatic rings. The lowest BCUT2D eigenvalue weighted by Gasteiger charge is -2.32. The minimum atomic E-state index is -0.107. The Kier molecular flexibility index (Phi) is 5.90. The van der Waals surface area contributed by atoms with Crippen molar-refractivity contribution in [3.63, 3.8) is 0 Å². The van der Waals surface area contributed by atoms with E-state index in [1.807, 2.05) is 59.5 Å². The molecule has 1 fully saturated rings. The number of pyridine rings is 1. The van der Waals surface area contributed by atoms with Crippen molar-refractivity contribution >= 4 is 11.7 Å². The number of nitrogens with zero attached hydrogens (tertiary/aromatic N) is 2. The molecule has 6 heteroatoms. The molecule has 29 heavy (non-hydrogen) atoms. The summed E-state index contributed by atoms with van der Waals surface area (Å²) in [5.74, 6) is 2.23. The summed E-state index contributed by atoms with van der Waals surface area (Å²) in [6.45, 7) is 1.33. The first-order chi connectivity index (χ1) is 14.3. The smallest absolute Gasteiger partial charge is 0.321 e. The van der Waals surface area contributed by atoms with Crippen LogP contribution in [0.2, 0.25) is 0 Å². The van der Waals surface area contributed by atoms with Gasteiger partial charge in [-0.3, -0.25) is 4.98 Å². The summed E-state index contributed by atoms with van der Waals surface area (Å²) in [7, 11) is 0. The van der Waals surface area contributed by atoms with E-state index < -0.39 is 0 Å². The summed E-state index contributed by atoms with van der Waals surface area (Å²) in [5.41, 5.74) is 0.698. The van der Waals surface area contributed by atoms with E-state index in [0.29, 0.717) is 30.3 Å². The van der Waals surface area contributed by atoms with Gasteiger partial charge in [0, 0.05) is 50.1 Å². The minimum absolute atomic E-state index is 0.107. The second-order valence-electron chi connectivity index (χ2n) is 6.86. The molecule has 148 valence electrons. The third kappa shape index (κ3) is 5.25. The fourth-order valence-corrected chi connectivity index (χ4v) is 3.25. The lowest BCUT2D eigenvalue weighted by molar-refractivity contribution is 0.115. The molecule has 0 atom stereocenters. The summed E-state index contributed by atoms with van der Waals surface area (Å²) >= 11 is 0. The first-order valence-electron chi connectivity index (χ1n) is 9.72. The van der Waals surface area contributed by atoms with Crippen molar-refractivity contribution < 1.29 is 14.3 Å². The lowest BCUT2D eigenvalue weighted by atomic mass is 10.1. The Morgan fingerprint density at radius 1 is 0.897 bits per heavy atom. The van der Waals surface area contributed by atoms with Crippen LogP contribution in [0.1, 0.15) is 12.8 Å². The van der Waals surface area contributed by atoms with Crippen molar-refractivity contribution in [2.75, 3.05) is 18.4 Å². The van der Waals surface area contributed by atoms with Crippen LogP contribution in [0.5, 0.6) is 17.2 Å². The number of carbonyl (C=O) groups is 1. The number of benzene rings is 2. The van der Waals surface area contributed by atoms with Gasteiger partial charge >= 0.3 is 6.03 Å². The Bertz CT molecular complexity index is 926. The van der Waals surface area contributed by atoms with Gasteiger partial charge in [-0.05, 0) is 36.4 Å². The third-order valence-electron chi connectivity index (χ3n) is 4.75. The van der Waals surface area contributed by atoms with Gasteiger partial charge in [0.1, 0.15) is 23.4 Å². The minimum Gasteiger partial charge on any atom is -0.490 e. The molecule has 2 aromatic carbocycles. The maximum absolute atomic E-state index is 12.6. The molecule has 1 aromatic heterocycles. The summed E-state index contributed by atoms with van der Waals surface area (Å²) in [6, 6.07) is 20.6. The largest absolute Gasteiger partial charge is 0.490 e. The number of likely N-dealkylation sites (tertiary alicyclic amines) is 1. The lowest BCUT2D eigenvalue weighted by Crippen LogP contribution is -2.43. The van der Waals surface area contributed by atoms with Crippen molar-refractivity contribution in [1.82, 2.24) is 9.88 Å². The molecule has 0 spiro atoms. The number of hydrogen-bond acceptors (Lipinski definition) is 4. The van der Waals surface area contributed by atoms with E-state index in [0.717, 1.165) is 18.6 Å². The van der Waals surface area contributed by atoms with E-state index in [1.165, 1.54) is 0 Å². The van der Waals surface area contributed by atoms with E-state index in [-0.39, 0.29) is 12.1 Å². The molecule has 4 rings (SSSR count). The number of para-hydroxylation sites is 1. The number of nitrogens with one attached hydrogen (secondary N) is 1. The van der Waals surface area contributed by atoms with Crippen LogP contribution in [0.4, 0.5) is 10.5 Å². The second-order valence-corrected chi connectivity index (χ2v) is 6.86. The predicted molar refractivity (Wildman–Crippen MR) is 111 cm³/mol. The van der Waals surface area contributed by atoms with Crippen LogP contribution in [0.3, 0.4) is 0 Å². The molecule has 2 heterocycles. The molecule has 0 radical (unpaired) electrons. The second kappa shape index (κ2) is 9.10. The number of aromatic nitrogens is 1. The van der Waals surface area contributed by atoms with E-state index in [9.17, 15) is 4.79 Å². The summed E-state index contributed by atoms with van der Waals surface area (Å²) < 4.78 is 11.8. The molecular formula is C23H23N3O3. The summed E-state index contributed by atoms with van der Waals surface area (Å²) in [6.07, 6.45) is 5.11. The van der Waals surface area contributed by atoms with Crippen LogP contribution >= 0.6 is 0 Å². The number of piperidine rings is 1. The van der Waals surface area contributed by atoms with E-state index in [1.54, 1.807) is 24.5 Å². The molecule has 1 aliphatic heterocycles. The molecule has 3 aromatic rings. The van der Waals surface area contributed by atoms with Gasteiger partial charge in [-0.2, -0.15) is 0 Å². The monoisotopic (exact) mass is 389 g/mol. The number of anilines is 1. The standard InChI is InChI=1S/C23H23N3O3/c27-23(26-15-11-21(12-16-26)28-19-6-2-1-3-7-19)25-18-5-4-8-22(17-18)29-20-9-13-24-14-10-20/h1-10,13-14,17,21H,11-12,15-16H2,(H,25,27). The topological polar surface area (TPSA) is 63.7 Å². The average molecular weight is 389 g/mol. The molecule has 0 aliphatic carbocycles. The normalized spacial score (nSPS) is 14.3. The van der Waals surface area contributed by atoms with Crippen LogP contribution in [0.15, 0.2) is 79.1 Å². The van der Waals surface area contributed by atoms with Gasteiger partial charge in [0.15, 0.2) is 0 Å². The van der Waals surface area contributed by atoms with Gasteiger partial charge in [-0.15, -0.1) is 0 Å². The molecule has 0 saturated carbocycles. The van der Waals surface area contributed by atoms with Crippen LogP contribution in [-0.2, 0) is 0 Å². The van der Waals surface area contributed by atoms with Crippen molar-refractivity contribution in [2.24, 2.45) is 0 Å². The maximum Gasteiger partial charge on any atom is 0.321 e. The first-order valence-corrected chi connectivity index (χ1v) is 9.72. The van der Waals surface area contributed by atoms with Crippen molar-refractivity contribution in [3.8, 4) is 17.2 Å². The molecule has 6 nitrogen and oxygen atoms in total. The number of rotatable bonds is 5. The highest BCUT2D eigenvalue weighted by Crippen LogP contribution is 2.24. The Morgan fingerprint density at radius 3 is 2.38 bits per heavy atom. The predicted octanol–water partition coefficient (Wildman–Crippen LogP) is 4.95. The summed E-state index contributed by atoms with van der Waals surface area (Å²) in [5, 5.41) is 2.96. The number of ether oxygens (including phenoxy) is 2. The first kappa shape index (κ1) is 18.8. The number of amides is 2. The highest BCUT2D eigenvalue weighted by Gasteiger charge is 2.24. The van der Waals surface area contributed by atoms with Gasteiger partial charge in [-0.25, -0.2) is 4.79 Å². The fraction of sp³-hybridized carbons (Fsp3) is 0.217. The zero-order valence-corrected chi connectivity index (χ0v) is 16.0. The van der Waals surface area contributed by atoms with Gasteiger partial charge in [0.05, 0.1) is 0 Å². The number of hydrogen-bond donors (Lipinski definition) is 1. The average Bonchev–Trinajstić information content (AvgIpc) is 2.76. The van der Waals surface area contributed by atoms with Crippen molar-refractivity contribution in [1.29, 1.82) is 0 Å². The maximum atomic E-state index is 12.6. The molecular weight excluding hydrogens is 366 g/mol. The zero-order chi connectivity index (χ0) is 19.9. The SMILES string of the molecule is O=C(Nc1cccc(Oc2ccncc2)c1)N1CCC(Oc2ccccc2)CC1. The highest BCUT2D eigenvalue weighted by atomic mass is 16.5. The Balaban J connectivity index is 1.29. The van der Waals surface area contributed by atoms with Crippen molar-refractivity contribution in [3.05, 3.63) is 79.1 Å². The van der Waals surface area contributed by atoms with Crippen LogP contribution in [0, 0.1) is 0 Å². The summed E-state index contributed by atoms with van der Waals surface area (Å²) in [4.78, 5) is 18.4.